The molecule has 0 radical (unpaired) electrons. The van der Waals surface area contributed by atoms with Gasteiger partial charge in [0.1, 0.15) is 12.4 Å². The highest BCUT2D eigenvalue weighted by atomic mass is 16.5. The van der Waals surface area contributed by atoms with Crippen molar-refractivity contribution >= 4 is 5.69 Å². The average molecular weight is 297 g/mol. The third-order valence-electron chi connectivity index (χ3n) is 4.12. The lowest BCUT2D eigenvalue weighted by Gasteiger charge is -2.16. The lowest BCUT2D eigenvalue weighted by atomic mass is 9.98. The number of nitrogens with one attached hydrogen (secondary N) is 1. The molecule has 0 aliphatic carbocycles. The average Bonchev–Trinajstić information content (AvgIpc) is 2.53. The van der Waals surface area contributed by atoms with E-state index in [9.17, 15) is 0 Å². The molecule has 0 fully saturated rings. The van der Waals surface area contributed by atoms with Gasteiger partial charge in [-0.2, -0.15) is 0 Å². The van der Waals surface area contributed by atoms with Gasteiger partial charge < -0.3 is 10.1 Å². The molecule has 0 amide bonds. The minimum absolute atomic E-state index is 0.531. The largest absolute Gasteiger partial charge is 0.491 e. The second-order valence-corrected chi connectivity index (χ2v) is 5.94. The first-order chi connectivity index (χ1) is 10.6. The second-order valence-electron chi connectivity index (χ2n) is 5.94. The topological polar surface area (TPSA) is 21.3 Å². The van der Waals surface area contributed by atoms with Crippen molar-refractivity contribution in [3.05, 3.63) is 59.2 Å². The predicted octanol–water partition coefficient (Wildman–Crippen LogP) is 5.31. The number of ether oxygens (including phenoxy) is 1. The first-order valence-corrected chi connectivity index (χ1v) is 8.14. The number of benzene rings is 2. The van der Waals surface area contributed by atoms with E-state index in [1.165, 1.54) is 22.4 Å². The third kappa shape index (κ3) is 4.27. The monoisotopic (exact) mass is 297 g/mol. The van der Waals surface area contributed by atoms with Crippen LogP contribution in [0.3, 0.4) is 0 Å². The Morgan fingerprint density at radius 1 is 1.09 bits per heavy atom. The van der Waals surface area contributed by atoms with E-state index >= 15 is 0 Å². The molecule has 0 spiro atoms. The van der Waals surface area contributed by atoms with E-state index in [4.69, 9.17) is 4.74 Å². The molecule has 118 valence electrons. The Balaban J connectivity index is 1.89. The molecule has 2 rings (SSSR count). The molecule has 2 heteroatoms. The summed E-state index contributed by atoms with van der Waals surface area (Å²) < 4.78 is 5.98. The molecule has 0 aliphatic rings. The van der Waals surface area contributed by atoms with Gasteiger partial charge in [0.2, 0.25) is 0 Å². The van der Waals surface area contributed by atoms with Crippen LogP contribution in [-0.4, -0.2) is 13.2 Å². The minimum atomic E-state index is 0.531. The van der Waals surface area contributed by atoms with E-state index in [1.807, 2.05) is 6.07 Å². The van der Waals surface area contributed by atoms with Crippen LogP contribution in [0, 0.1) is 13.8 Å². The molecule has 2 aromatic rings. The molecule has 0 saturated carbocycles. The maximum absolute atomic E-state index is 5.98. The molecule has 1 unspecified atom stereocenters. The quantitative estimate of drug-likeness (QED) is 0.699. The first-order valence-electron chi connectivity index (χ1n) is 8.14. The summed E-state index contributed by atoms with van der Waals surface area (Å²) in [6.45, 7) is 10.2. The van der Waals surface area contributed by atoms with Crippen LogP contribution in [0.1, 0.15) is 42.9 Å². The molecule has 0 bridgehead atoms. The molecule has 0 saturated heterocycles. The Bertz CT molecular complexity index is 606. The smallest absolute Gasteiger partial charge is 0.122 e. The van der Waals surface area contributed by atoms with Crippen LogP contribution in [-0.2, 0) is 0 Å². The zero-order valence-electron chi connectivity index (χ0n) is 14.1. The molecular weight excluding hydrogens is 270 g/mol. The van der Waals surface area contributed by atoms with Crippen molar-refractivity contribution in [3.63, 3.8) is 0 Å². The summed E-state index contributed by atoms with van der Waals surface area (Å²) in [5.41, 5.74) is 5.06. The van der Waals surface area contributed by atoms with Crippen molar-refractivity contribution in [1.82, 2.24) is 0 Å². The molecule has 2 nitrogen and oxygen atoms in total. The van der Waals surface area contributed by atoms with Crippen LogP contribution in [0.5, 0.6) is 5.75 Å². The van der Waals surface area contributed by atoms with E-state index in [0.29, 0.717) is 12.5 Å². The molecular formula is C20H27NO. The summed E-state index contributed by atoms with van der Waals surface area (Å²) in [4.78, 5) is 0. The Morgan fingerprint density at radius 3 is 2.59 bits per heavy atom. The highest BCUT2D eigenvalue weighted by Crippen LogP contribution is 2.28. The number of anilines is 1. The maximum Gasteiger partial charge on any atom is 0.122 e. The van der Waals surface area contributed by atoms with Gasteiger partial charge in [-0.15, -0.1) is 0 Å². The molecule has 22 heavy (non-hydrogen) atoms. The number of aryl methyl sites for hydroxylation is 2. The Labute approximate surface area is 134 Å². The Morgan fingerprint density at radius 2 is 1.86 bits per heavy atom. The first kappa shape index (κ1) is 16.4. The fourth-order valence-electron chi connectivity index (χ4n) is 2.60. The van der Waals surface area contributed by atoms with E-state index in [0.717, 1.165) is 18.7 Å². The second kappa shape index (κ2) is 7.88. The van der Waals surface area contributed by atoms with Crippen LogP contribution in [0.15, 0.2) is 42.5 Å². The molecule has 1 N–H and O–H groups in total. The molecule has 1 atom stereocenters. The zero-order valence-corrected chi connectivity index (χ0v) is 14.1. The van der Waals surface area contributed by atoms with Crippen LogP contribution < -0.4 is 10.1 Å². The fourth-order valence-corrected chi connectivity index (χ4v) is 2.60. The maximum atomic E-state index is 5.98. The van der Waals surface area contributed by atoms with E-state index in [2.05, 4.69) is 69.4 Å². The molecule has 0 heterocycles. The number of hydrogen-bond acceptors (Lipinski definition) is 2. The highest BCUT2D eigenvalue weighted by molar-refractivity contribution is 5.51. The number of para-hydroxylation sites is 1. The summed E-state index contributed by atoms with van der Waals surface area (Å²) >= 11 is 0. The van der Waals surface area contributed by atoms with Gasteiger partial charge in [0.15, 0.2) is 0 Å². The molecule has 0 aliphatic heterocycles. The van der Waals surface area contributed by atoms with E-state index in [-0.39, 0.29) is 0 Å². The summed E-state index contributed by atoms with van der Waals surface area (Å²) in [6.07, 6.45) is 1.13. The van der Waals surface area contributed by atoms with E-state index < -0.39 is 0 Å². The van der Waals surface area contributed by atoms with Gasteiger partial charge in [0.05, 0.1) is 0 Å². The predicted molar refractivity (Wildman–Crippen MR) is 95.0 cm³/mol. The number of rotatable bonds is 7. The SMILES string of the molecule is CCC(C)c1ccccc1OCCNc1ccc(C)cc1C. The minimum Gasteiger partial charge on any atom is -0.491 e. The van der Waals surface area contributed by atoms with Gasteiger partial charge in [-0.1, -0.05) is 49.7 Å². The summed E-state index contributed by atoms with van der Waals surface area (Å²) in [5, 5.41) is 3.45. The zero-order chi connectivity index (χ0) is 15.9. The van der Waals surface area contributed by atoms with E-state index in [1.54, 1.807) is 0 Å². The standard InChI is InChI=1S/C20H27NO/c1-5-16(3)18-8-6-7-9-20(18)22-13-12-21-19-11-10-15(2)14-17(19)4/h6-11,14,16,21H,5,12-13H2,1-4H3. The van der Waals surface area contributed by atoms with Crippen molar-refractivity contribution in [2.45, 2.75) is 40.0 Å². The molecule has 2 aromatic carbocycles. The van der Waals surface area contributed by atoms with Crippen LogP contribution in [0.4, 0.5) is 5.69 Å². The van der Waals surface area contributed by atoms with Crippen LogP contribution in [0.2, 0.25) is 0 Å². The van der Waals surface area contributed by atoms with Crippen molar-refractivity contribution in [2.75, 3.05) is 18.5 Å². The summed E-state index contributed by atoms with van der Waals surface area (Å²) in [7, 11) is 0. The van der Waals surface area contributed by atoms with Gasteiger partial charge in [-0.25, -0.2) is 0 Å². The van der Waals surface area contributed by atoms with Crippen molar-refractivity contribution in [2.24, 2.45) is 0 Å². The normalized spacial score (nSPS) is 12.0. The van der Waals surface area contributed by atoms with Gasteiger partial charge in [0, 0.05) is 12.2 Å². The van der Waals surface area contributed by atoms with Gasteiger partial charge in [-0.3, -0.25) is 0 Å². The number of hydrogen-bond donors (Lipinski definition) is 1. The van der Waals surface area contributed by atoms with Crippen molar-refractivity contribution in [1.29, 1.82) is 0 Å². The highest BCUT2D eigenvalue weighted by Gasteiger charge is 2.09. The van der Waals surface area contributed by atoms with Crippen LogP contribution in [0.25, 0.3) is 0 Å². The van der Waals surface area contributed by atoms with Crippen molar-refractivity contribution < 1.29 is 4.74 Å². The van der Waals surface area contributed by atoms with Gasteiger partial charge in [-0.05, 0) is 49.4 Å². The lowest BCUT2D eigenvalue weighted by Crippen LogP contribution is -2.13. The summed E-state index contributed by atoms with van der Waals surface area (Å²) in [6, 6.07) is 14.8. The third-order valence-corrected chi connectivity index (χ3v) is 4.12. The van der Waals surface area contributed by atoms with Gasteiger partial charge >= 0.3 is 0 Å². The summed E-state index contributed by atoms with van der Waals surface area (Å²) in [5.74, 6) is 1.54. The molecule has 0 aromatic heterocycles. The fraction of sp³-hybridized carbons (Fsp3) is 0.400. The lowest BCUT2D eigenvalue weighted by molar-refractivity contribution is 0.327. The van der Waals surface area contributed by atoms with Crippen molar-refractivity contribution in [3.8, 4) is 5.75 Å². The van der Waals surface area contributed by atoms with Gasteiger partial charge in [0.25, 0.3) is 0 Å². The Hall–Kier alpha value is -1.96. The Kier molecular flexibility index (Phi) is 5.88. The van der Waals surface area contributed by atoms with Crippen LogP contribution >= 0.6 is 0 Å².